The number of rotatable bonds is 6. The predicted octanol–water partition coefficient (Wildman–Crippen LogP) is 3.56. The topological polar surface area (TPSA) is 70.6 Å². The molecule has 162 valence electrons. The molecule has 1 amide bonds. The van der Waals surface area contributed by atoms with Crippen LogP contribution in [0.15, 0.2) is 70.6 Å². The number of piperazine rings is 1. The molecule has 2 heterocycles. The molecule has 31 heavy (non-hydrogen) atoms. The van der Waals surface area contributed by atoms with E-state index in [2.05, 4.69) is 4.98 Å². The Morgan fingerprint density at radius 1 is 1.03 bits per heavy atom. The molecule has 4 rings (SSSR count). The third kappa shape index (κ3) is 4.92. The van der Waals surface area contributed by atoms with Gasteiger partial charge < -0.3 is 4.90 Å². The Morgan fingerprint density at radius 3 is 2.52 bits per heavy atom. The van der Waals surface area contributed by atoms with Gasteiger partial charge in [0.15, 0.2) is 0 Å². The maximum Gasteiger partial charge on any atom is 0.245 e. The normalized spacial score (nSPS) is 15.3. The number of pyridine rings is 1. The maximum absolute atomic E-state index is 13.3. The van der Waals surface area contributed by atoms with Crippen molar-refractivity contribution < 1.29 is 13.2 Å². The molecule has 0 bridgehead atoms. The number of sulfonamides is 1. The van der Waals surface area contributed by atoms with Crippen LogP contribution in [0.1, 0.15) is 12.0 Å². The second-order valence-corrected chi connectivity index (χ2v) is 10.6. The lowest BCUT2D eigenvalue weighted by atomic mass is 10.2. The highest BCUT2D eigenvalue weighted by atomic mass is 32.2. The van der Waals surface area contributed by atoms with Gasteiger partial charge >= 0.3 is 0 Å². The highest BCUT2D eigenvalue weighted by Gasteiger charge is 2.31. The molecular formula is C23H25N3O3S2. The third-order valence-electron chi connectivity index (χ3n) is 5.35. The molecule has 1 aliphatic heterocycles. The van der Waals surface area contributed by atoms with E-state index in [1.54, 1.807) is 35.0 Å². The van der Waals surface area contributed by atoms with Gasteiger partial charge in [0.1, 0.15) is 4.90 Å². The average Bonchev–Trinajstić information content (AvgIpc) is 2.79. The summed E-state index contributed by atoms with van der Waals surface area (Å²) in [6.07, 6.45) is 2.13. The summed E-state index contributed by atoms with van der Waals surface area (Å²) in [6.45, 7) is 3.34. The summed E-state index contributed by atoms with van der Waals surface area (Å²) < 4.78 is 28.0. The summed E-state index contributed by atoms with van der Waals surface area (Å²) in [5, 5.41) is 0.811. The van der Waals surface area contributed by atoms with Gasteiger partial charge in [0.25, 0.3) is 0 Å². The van der Waals surface area contributed by atoms with Crippen LogP contribution in [0, 0.1) is 6.92 Å². The van der Waals surface area contributed by atoms with Crippen LogP contribution in [-0.4, -0.2) is 60.4 Å². The summed E-state index contributed by atoms with van der Waals surface area (Å²) in [4.78, 5) is 20.1. The van der Waals surface area contributed by atoms with Crippen molar-refractivity contribution in [1.29, 1.82) is 0 Å². The van der Waals surface area contributed by atoms with Crippen molar-refractivity contribution in [1.82, 2.24) is 14.2 Å². The molecule has 0 saturated carbocycles. The summed E-state index contributed by atoms with van der Waals surface area (Å²) in [5.74, 6) is 0.783. The lowest BCUT2D eigenvalue weighted by Crippen LogP contribution is -2.50. The number of aromatic nitrogens is 1. The Labute approximate surface area is 187 Å². The number of benzene rings is 2. The van der Waals surface area contributed by atoms with E-state index in [4.69, 9.17) is 0 Å². The van der Waals surface area contributed by atoms with Crippen molar-refractivity contribution in [3.05, 3.63) is 66.4 Å². The van der Waals surface area contributed by atoms with Crippen LogP contribution in [0.2, 0.25) is 0 Å². The SMILES string of the molecule is Cc1cnc2c(S(=O)(=O)N3CCN(C(=O)CCSc4ccccc4)CC3)cccc2c1. The number of nitrogens with zero attached hydrogens (tertiary/aromatic N) is 3. The van der Waals surface area contributed by atoms with Crippen molar-refractivity contribution in [2.24, 2.45) is 0 Å². The van der Waals surface area contributed by atoms with Gasteiger partial charge in [-0.1, -0.05) is 30.3 Å². The van der Waals surface area contributed by atoms with Crippen LogP contribution in [0.3, 0.4) is 0 Å². The fraction of sp³-hybridized carbons (Fsp3) is 0.304. The van der Waals surface area contributed by atoms with Crippen LogP contribution in [0.4, 0.5) is 0 Å². The minimum Gasteiger partial charge on any atom is -0.340 e. The van der Waals surface area contributed by atoms with Crippen LogP contribution >= 0.6 is 11.8 Å². The third-order valence-corrected chi connectivity index (χ3v) is 8.29. The van der Waals surface area contributed by atoms with Gasteiger partial charge in [-0.2, -0.15) is 4.31 Å². The zero-order valence-electron chi connectivity index (χ0n) is 17.4. The molecule has 1 saturated heterocycles. The first-order valence-electron chi connectivity index (χ1n) is 10.3. The molecule has 0 atom stereocenters. The molecule has 8 heteroatoms. The summed E-state index contributed by atoms with van der Waals surface area (Å²) in [5.41, 5.74) is 1.48. The Morgan fingerprint density at radius 2 is 1.77 bits per heavy atom. The lowest BCUT2D eigenvalue weighted by molar-refractivity contribution is -0.131. The molecule has 6 nitrogen and oxygen atoms in total. The summed E-state index contributed by atoms with van der Waals surface area (Å²) in [7, 11) is -3.67. The number of hydrogen-bond donors (Lipinski definition) is 0. The number of amides is 1. The van der Waals surface area contributed by atoms with Crippen LogP contribution in [0.25, 0.3) is 10.9 Å². The highest BCUT2D eigenvalue weighted by molar-refractivity contribution is 7.99. The predicted molar refractivity (Wildman–Crippen MR) is 124 cm³/mol. The number of hydrogen-bond acceptors (Lipinski definition) is 5. The first kappa shape index (κ1) is 21.8. The molecule has 0 unspecified atom stereocenters. The van der Waals surface area contributed by atoms with Gasteiger partial charge in [-0.25, -0.2) is 8.42 Å². The standard InChI is InChI=1S/C23H25N3O3S2/c1-18-16-19-6-5-9-21(23(19)24-17-18)31(28,29)26-13-11-25(12-14-26)22(27)10-15-30-20-7-3-2-4-8-20/h2-9,16-17H,10-15H2,1H3. The molecule has 2 aromatic carbocycles. The van der Waals surface area contributed by atoms with Crippen LogP contribution in [0.5, 0.6) is 0 Å². The van der Waals surface area contributed by atoms with Crippen molar-refractivity contribution in [2.45, 2.75) is 23.1 Å². The van der Waals surface area contributed by atoms with Gasteiger partial charge in [0.2, 0.25) is 15.9 Å². The first-order valence-corrected chi connectivity index (χ1v) is 12.7. The van der Waals surface area contributed by atoms with E-state index < -0.39 is 10.0 Å². The fourth-order valence-corrected chi connectivity index (χ4v) is 6.15. The molecule has 0 aliphatic carbocycles. The van der Waals surface area contributed by atoms with Crippen molar-refractivity contribution in [3.63, 3.8) is 0 Å². The molecule has 0 spiro atoms. The number of para-hydroxylation sites is 1. The smallest absolute Gasteiger partial charge is 0.245 e. The molecule has 1 aliphatic rings. The zero-order chi connectivity index (χ0) is 21.8. The van der Waals surface area contributed by atoms with E-state index in [0.717, 1.165) is 15.8 Å². The average molecular weight is 456 g/mol. The van der Waals surface area contributed by atoms with Crippen LogP contribution < -0.4 is 0 Å². The largest absolute Gasteiger partial charge is 0.340 e. The Bertz CT molecular complexity index is 1180. The van der Waals surface area contributed by atoms with E-state index >= 15 is 0 Å². The highest BCUT2D eigenvalue weighted by Crippen LogP contribution is 2.26. The molecular weight excluding hydrogens is 430 g/mol. The van der Waals surface area contributed by atoms with Crippen molar-refractivity contribution in [2.75, 3.05) is 31.9 Å². The van der Waals surface area contributed by atoms with E-state index in [9.17, 15) is 13.2 Å². The second-order valence-electron chi connectivity index (χ2n) is 7.54. The van der Waals surface area contributed by atoms with Gasteiger partial charge in [-0.15, -0.1) is 11.8 Å². The van der Waals surface area contributed by atoms with Gasteiger partial charge in [0.05, 0.1) is 5.52 Å². The lowest BCUT2D eigenvalue weighted by Gasteiger charge is -2.34. The first-order chi connectivity index (χ1) is 14.9. The minimum absolute atomic E-state index is 0.0720. The van der Waals surface area contributed by atoms with E-state index in [1.165, 1.54) is 4.31 Å². The molecule has 0 N–H and O–H groups in total. The van der Waals surface area contributed by atoms with Gasteiger partial charge in [-0.3, -0.25) is 9.78 Å². The maximum atomic E-state index is 13.3. The number of thioether (sulfide) groups is 1. The number of carbonyl (C=O) groups excluding carboxylic acids is 1. The number of carbonyl (C=O) groups is 1. The zero-order valence-corrected chi connectivity index (χ0v) is 19.0. The monoisotopic (exact) mass is 455 g/mol. The Balaban J connectivity index is 1.37. The van der Waals surface area contributed by atoms with Gasteiger partial charge in [-0.05, 0) is 36.8 Å². The number of fused-ring (bicyclic) bond motifs is 1. The Hall–Kier alpha value is -2.42. The number of aryl methyl sites for hydroxylation is 1. The quantitative estimate of drug-likeness (QED) is 0.532. The van der Waals surface area contributed by atoms with E-state index in [-0.39, 0.29) is 10.8 Å². The minimum atomic E-state index is -3.67. The van der Waals surface area contributed by atoms with E-state index in [0.29, 0.717) is 43.9 Å². The van der Waals surface area contributed by atoms with Crippen molar-refractivity contribution in [3.8, 4) is 0 Å². The van der Waals surface area contributed by atoms with Crippen molar-refractivity contribution >= 4 is 38.6 Å². The second kappa shape index (κ2) is 9.38. The fourth-order valence-electron chi connectivity index (χ4n) is 3.70. The Kier molecular flexibility index (Phi) is 6.60. The van der Waals surface area contributed by atoms with E-state index in [1.807, 2.05) is 49.4 Å². The summed E-state index contributed by atoms with van der Waals surface area (Å²) >= 11 is 1.66. The molecule has 3 aromatic rings. The molecule has 1 aromatic heterocycles. The van der Waals surface area contributed by atoms with Crippen LogP contribution in [-0.2, 0) is 14.8 Å². The molecule has 0 radical (unpaired) electrons. The van der Waals surface area contributed by atoms with Gasteiger partial charge in [0, 0.05) is 54.8 Å². The molecule has 1 fully saturated rings. The summed E-state index contributed by atoms with van der Waals surface area (Å²) in [6, 6.07) is 17.2.